The Kier molecular flexibility index (Phi) is 3.66. The average molecular weight is 275 g/mol. The third kappa shape index (κ3) is 3.17. The predicted molar refractivity (Wildman–Crippen MR) is 59.2 cm³/mol. The van der Waals surface area contributed by atoms with Crippen LogP contribution in [0, 0.1) is 0 Å². The van der Waals surface area contributed by atoms with Crippen molar-refractivity contribution in [1.82, 2.24) is 4.90 Å². The van der Waals surface area contributed by atoms with Crippen LogP contribution < -0.4 is 0 Å². The quantitative estimate of drug-likeness (QED) is 0.918. The van der Waals surface area contributed by atoms with Crippen LogP contribution in [0.2, 0.25) is 0 Å². The fraction of sp³-hybridized carbons (Fsp3) is 0.417. The molecule has 1 amide bonds. The highest BCUT2D eigenvalue weighted by molar-refractivity contribution is 5.69. The summed E-state index contributed by atoms with van der Waals surface area (Å²) in [5.41, 5.74) is -0.156. The van der Waals surface area contributed by atoms with Crippen molar-refractivity contribution in [2.45, 2.75) is 18.8 Å². The van der Waals surface area contributed by atoms with Crippen molar-refractivity contribution in [3.8, 4) is 0 Å². The van der Waals surface area contributed by atoms with E-state index >= 15 is 0 Å². The zero-order chi connectivity index (χ0) is 14.0. The second-order valence-electron chi connectivity index (χ2n) is 4.26. The number of cyclic esters (lactones) is 1. The highest BCUT2D eigenvalue weighted by Crippen LogP contribution is 2.29. The van der Waals surface area contributed by atoms with E-state index in [9.17, 15) is 18.0 Å². The Morgan fingerprint density at radius 1 is 1.32 bits per heavy atom. The van der Waals surface area contributed by atoms with E-state index in [1.165, 1.54) is 17.0 Å². The van der Waals surface area contributed by atoms with E-state index in [1.54, 1.807) is 0 Å². The van der Waals surface area contributed by atoms with Gasteiger partial charge in [-0.3, -0.25) is 0 Å². The van der Waals surface area contributed by atoms with Crippen LogP contribution in [0.4, 0.5) is 18.0 Å². The van der Waals surface area contributed by atoms with Gasteiger partial charge in [-0.25, -0.2) is 4.79 Å². The van der Waals surface area contributed by atoms with Crippen LogP contribution in [0.25, 0.3) is 0 Å². The van der Waals surface area contributed by atoms with Gasteiger partial charge >= 0.3 is 12.3 Å². The number of ether oxygens (including phenoxy) is 1. The third-order valence-electron chi connectivity index (χ3n) is 2.81. The number of aliphatic hydroxyl groups is 1. The number of hydrogen-bond acceptors (Lipinski definition) is 3. The summed E-state index contributed by atoms with van der Waals surface area (Å²) in [5, 5.41) is 8.86. The highest BCUT2D eigenvalue weighted by atomic mass is 19.4. The summed E-state index contributed by atoms with van der Waals surface area (Å²) >= 11 is 0. The second kappa shape index (κ2) is 5.08. The first-order chi connectivity index (χ1) is 8.90. The van der Waals surface area contributed by atoms with Crippen molar-refractivity contribution in [3.05, 3.63) is 35.4 Å². The second-order valence-corrected chi connectivity index (χ2v) is 4.26. The highest BCUT2D eigenvalue weighted by Gasteiger charge is 2.32. The molecule has 0 spiro atoms. The number of halogens is 3. The zero-order valence-electron chi connectivity index (χ0n) is 9.85. The number of hydrogen-bond donors (Lipinski definition) is 1. The summed E-state index contributed by atoms with van der Waals surface area (Å²) in [4.78, 5) is 12.7. The number of rotatable bonds is 3. The Morgan fingerprint density at radius 2 is 1.95 bits per heavy atom. The molecule has 1 saturated heterocycles. The first-order valence-electron chi connectivity index (χ1n) is 5.62. The fourth-order valence-electron chi connectivity index (χ4n) is 1.82. The summed E-state index contributed by atoms with van der Waals surface area (Å²) in [7, 11) is 0. The molecular formula is C12H12F3NO3. The van der Waals surface area contributed by atoms with Crippen molar-refractivity contribution in [2.24, 2.45) is 0 Å². The molecule has 1 aromatic rings. The van der Waals surface area contributed by atoms with Crippen LogP contribution >= 0.6 is 0 Å². The summed E-state index contributed by atoms with van der Waals surface area (Å²) in [5.74, 6) is 0. The first-order valence-corrected chi connectivity index (χ1v) is 5.62. The molecule has 0 bridgehead atoms. The maximum atomic E-state index is 12.4. The number of nitrogens with zero attached hydrogens (tertiary/aromatic N) is 1. The Labute approximate surface area is 107 Å². The number of amides is 1. The topological polar surface area (TPSA) is 49.8 Å². The average Bonchev–Trinajstić information content (AvgIpc) is 2.70. The molecule has 0 unspecified atom stereocenters. The van der Waals surface area contributed by atoms with Gasteiger partial charge in [-0.15, -0.1) is 0 Å². The van der Waals surface area contributed by atoms with Gasteiger partial charge in [0.2, 0.25) is 0 Å². The SMILES string of the molecule is O=C1O[C@@H](CO)CN1Cc1ccc(C(F)(F)F)cc1. The monoisotopic (exact) mass is 275 g/mol. The van der Waals surface area contributed by atoms with Crippen molar-refractivity contribution in [1.29, 1.82) is 0 Å². The van der Waals surface area contributed by atoms with Gasteiger partial charge in [0, 0.05) is 6.54 Å². The van der Waals surface area contributed by atoms with Crippen LogP contribution in [0.15, 0.2) is 24.3 Å². The molecule has 7 heteroatoms. The molecule has 0 radical (unpaired) electrons. The van der Waals surface area contributed by atoms with Gasteiger partial charge in [0.05, 0.1) is 18.7 Å². The van der Waals surface area contributed by atoms with Gasteiger partial charge in [0.25, 0.3) is 0 Å². The van der Waals surface area contributed by atoms with Crippen molar-refractivity contribution in [2.75, 3.05) is 13.2 Å². The zero-order valence-corrected chi connectivity index (χ0v) is 9.85. The fourth-order valence-corrected chi connectivity index (χ4v) is 1.82. The lowest BCUT2D eigenvalue weighted by Gasteiger charge is -2.13. The van der Waals surface area contributed by atoms with Crippen LogP contribution in [0.3, 0.4) is 0 Å². The van der Waals surface area contributed by atoms with Gasteiger partial charge in [0.15, 0.2) is 0 Å². The lowest BCUT2D eigenvalue weighted by atomic mass is 10.1. The summed E-state index contributed by atoms with van der Waals surface area (Å²) in [6, 6.07) is 4.59. The van der Waals surface area contributed by atoms with Crippen LogP contribution in [0.5, 0.6) is 0 Å². The van der Waals surface area contributed by atoms with Gasteiger partial charge < -0.3 is 14.7 Å². The minimum Gasteiger partial charge on any atom is -0.442 e. The molecule has 4 nitrogen and oxygen atoms in total. The minimum absolute atomic E-state index is 0.160. The largest absolute Gasteiger partial charge is 0.442 e. The Bertz CT molecular complexity index is 458. The number of carbonyl (C=O) groups is 1. The Hall–Kier alpha value is -1.76. The Morgan fingerprint density at radius 3 is 2.42 bits per heavy atom. The summed E-state index contributed by atoms with van der Waals surface area (Å²) < 4.78 is 41.9. The van der Waals surface area contributed by atoms with Crippen LogP contribution in [-0.4, -0.2) is 35.4 Å². The molecule has 104 valence electrons. The molecule has 1 fully saturated rings. The molecular weight excluding hydrogens is 263 g/mol. The number of alkyl halides is 3. The molecule has 1 atom stereocenters. The summed E-state index contributed by atoms with van der Waals surface area (Å²) in [6.45, 7) is 0.124. The van der Waals surface area contributed by atoms with Crippen molar-refractivity contribution >= 4 is 6.09 Å². The minimum atomic E-state index is -4.37. The van der Waals surface area contributed by atoms with Gasteiger partial charge in [-0.1, -0.05) is 12.1 Å². The van der Waals surface area contributed by atoms with E-state index in [0.29, 0.717) is 5.56 Å². The van der Waals surface area contributed by atoms with E-state index in [-0.39, 0.29) is 19.7 Å². The van der Waals surface area contributed by atoms with E-state index in [0.717, 1.165) is 12.1 Å². The molecule has 1 aromatic carbocycles. The van der Waals surface area contributed by atoms with E-state index < -0.39 is 23.9 Å². The lowest BCUT2D eigenvalue weighted by molar-refractivity contribution is -0.137. The number of benzene rings is 1. The van der Waals surface area contributed by atoms with Gasteiger partial charge in [-0.05, 0) is 17.7 Å². The predicted octanol–water partition coefficient (Wildman–Crippen LogP) is 2.02. The molecule has 19 heavy (non-hydrogen) atoms. The first kappa shape index (κ1) is 13.7. The normalized spacial score (nSPS) is 19.7. The summed E-state index contributed by atoms with van der Waals surface area (Å²) in [6.07, 6.45) is -5.51. The van der Waals surface area contributed by atoms with E-state index in [4.69, 9.17) is 9.84 Å². The van der Waals surface area contributed by atoms with Crippen molar-refractivity contribution in [3.63, 3.8) is 0 Å². The molecule has 2 rings (SSSR count). The van der Waals surface area contributed by atoms with E-state index in [2.05, 4.69) is 0 Å². The molecule has 1 N–H and O–H groups in total. The smallest absolute Gasteiger partial charge is 0.416 e. The van der Waals surface area contributed by atoms with Crippen LogP contribution in [-0.2, 0) is 17.5 Å². The molecule has 1 heterocycles. The van der Waals surface area contributed by atoms with Crippen molar-refractivity contribution < 1.29 is 27.8 Å². The number of aliphatic hydroxyl groups excluding tert-OH is 1. The maximum absolute atomic E-state index is 12.4. The molecule has 1 aliphatic heterocycles. The van der Waals surface area contributed by atoms with E-state index in [1.807, 2.05) is 0 Å². The maximum Gasteiger partial charge on any atom is 0.416 e. The molecule has 1 aliphatic rings. The van der Waals surface area contributed by atoms with Crippen LogP contribution in [0.1, 0.15) is 11.1 Å². The molecule has 0 aliphatic carbocycles. The van der Waals surface area contributed by atoms with Gasteiger partial charge in [0.1, 0.15) is 6.10 Å². The molecule has 0 saturated carbocycles. The standard InChI is InChI=1S/C12H12F3NO3/c13-12(14,15)9-3-1-8(2-4-9)5-16-6-10(7-17)19-11(16)18/h1-4,10,17H,5-7H2/t10-/m1/s1. The number of carbonyl (C=O) groups excluding carboxylic acids is 1. The molecule has 0 aromatic heterocycles. The van der Waals surface area contributed by atoms with Gasteiger partial charge in [-0.2, -0.15) is 13.2 Å². The third-order valence-corrected chi connectivity index (χ3v) is 2.81. The Balaban J connectivity index is 2.02. The lowest BCUT2D eigenvalue weighted by Crippen LogP contribution is -2.25.